The van der Waals surface area contributed by atoms with Gasteiger partial charge < -0.3 is 15.2 Å². The minimum absolute atomic E-state index is 0.0470. The molecule has 4 aromatic rings. The van der Waals surface area contributed by atoms with Gasteiger partial charge >= 0.3 is 0 Å². The van der Waals surface area contributed by atoms with E-state index in [1.165, 1.54) is 0 Å². The molecule has 1 aromatic heterocycles. The number of carbonyl (C=O) groups excluding carboxylic acids is 3. The Morgan fingerprint density at radius 1 is 0.892 bits per heavy atom. The Morgan fingerprint density at radius 2 is 1.65 bits per heavy atom. The Hall–Kier alpha value is -4.46. The number of anilines is 1. The van der Waals surface area contributed by atoms with Crippen LogP contribution in [-0.2, 0) is 11.2 Å². The number of hydrogen-bond donors (Lipinski definition) is 2. The largest absolute Gasteiger partial charge is 0.356 e. The van der Waals surface area contributed by atoms with E-state index >= 15 is 0 Å². The molecule has 0 aliphatic carbocycles. The number of aromatic amines is 1. The fourth-order valence-electron chi connectivity index (χ4n) is 5.31. The molecular formula is C29H27N5O3. The Kier molecular flexibility index (Phi) is 5.92. The number of para-hydroxylation sites is 3. The maximum absolute atomic E-state index is 13.4. The normalized spacial score (nSPS) is 16.1. The minimum atomic E-state index is -0.488. The van der Waals surface area contributed by atoms with Crippen molar-refractivity contribution in [3.63, 3.8) is 0 Å². The highest BCUT2D eigenvalue weighted by atomic mass is 16.2. The lowest BCUT2D eigenvalue weighted by molar-refractivity contribution is -0.121. The Labute approximate surface area is 214 Å². The summed E-state index contributed by atoms with van der Waals surface area (Å²) in [4.78, 5) is 50.5. The van der Waals surface area contributed by atoms with Gasteiger partial charge in [-0.3, -0.25) is 19.3 Å². The van der Waals surface area contributed by atoms with Crippen molar-refractivity contribution in [1.29, 1.82) is 0 Å². The first-order valence-corrected chi connectivity index (χ1v) is 12.6. The number of carbonyl (C=O) groups is 3. The second kappa shape index (κ2) is 9.54. The van der Waals surface area contributed by atoms with Gasteiger partial charge in [0.15, 0.2) is 0 Å². The Balaban J connectivity index is 1.06. The van der Waals surface area contributed by atoms with E-state index < -0.39 is 6.17 Å². The third-order valence-electron chi connectivity index (χ3n) is 7.04. The molecule has 2 aliphatic rings. The molecule has 3 amide bonds. The minimum Gasteiger partial charge on any atom is -0.356 e. The smallest absolute Gasteiger partial charge is 0.260 e. The number of fused-ring (bicyclic) bond motifs is 6. The predicted octanol–water partition coefficient (Wildman–Crippen LogP) is 4.21. The molecule has 0 saturated heterocycles. The molecule has 37 heavy (non-hydrogen) atoms. The average Bonchev–Trinajstić information content (AvgIpc) is 3.47. The first kappa shape index (κ1) is 23.0. The molecule has 0 radical (unpaired) electrons. The van der Waals surface area contributed by atoms with Gasteiger partial charge in [-0.25, -0.2) is 4.98 Å². The van der Waals surface area contributed by atoms with Crippen molar-refractivity contribution >= 4 is 34.4 Å². The maximum Gasteiger partial charge on any atom is 0.260 e. The number of nitrogens with one attached hydrogen (secondary N) is 2. The van der Waals surface area contributed by atoms with Crippen LogP contribution in [0.1, 0.15) is 57.5 Å². The molecule has 0 spiro atoms. The van der Waals surface area contributed by atoms with E-state index in [2.05, 4.69) is 15.3 Å². The zero-order valence-electron chi connectivity index (χ0n) is 20.3. The quantitative estimate of drug-likeness (QED) is 0.359. The van der Waals surface area contributed by atoms with Crippen molar-refractivity contribution in [3.05, 3.63) is 95.3 Å². The average molecular weight is 494 g/mol. The molecule has 0 unspecified atom stereocenters. The van der Waals surface area contributed by atoms with Gasteiger partial charge in [0, 0.05) is 37.1 Å². The zero-order chi connectivity index (χ0) is 25.4. The third kappa shape index (κ3) is 4.14. The molecule has 2 aliphatic heterocycles. The summed E-state index contributed by atoms with van der Waals surface area (Å²) in [6.45, 7) is 0.937. The van der Waals surface area contributed by atoms with E-state index in [0.717, 1.165) is 35.3 Å². The highest BCUT2D eigenvalue weighted by Crippen LogP contribution is 2.45. The Bertz CT molecular complexity index is 1480. The molecule has 8 heteroatoms. The van der Waals surface area contributed by atoms with E-state index in [4.69, 9.17) is 0 Å². The summed E-state index contributed by atoms with van der Waals surface area (Å²) in [5.41, 5.74) is 4.55. The standard InChI is InChI=1S/C29H27N5O3/c35-26(30-17-7-15-25-31-22-12-4-5-13-23(22)32-25)16-8-18-33-27-19-9-1-2-10-20(19)29(37)34(27)24-14-6-3-11-21(24)28(33)36/h1-6,9-14,27H,7-8,15-18H2,(H,30,35)(H,31,32)/t27-/m1/s1. The van der Waals surface area contributed by atoms with Crippen LogP contribution in [0.25, 0.3) is 11.0 Å². The molecule has 0 bridgehead atoms. The summed E-state index contributed by atoms with van der Waals surface area (Å²) in [5, 5.41) is 2.97. The van der Waals surface area contributed by atoms with Gasteiger partial charge in [-0.15, -0.1) is 0 Å². The lowest BCUT2D eigenvalue weighted by Crippen LogP contribution is -2.48. The van der Waals surface area contributed by atoms with Crippen LogP contribution in [0.2, 0.25) is 0 Å². The molecule has 0 fully saturated rings. The van der Waals surface area contributed by atoms with Gasteiger partial charge in [0.1, 0.15) is 12.0 Å². The number of imidazole rings is 1. The monoisotopic (exact) mass is 493 g/mol. The molecule has 186 valence electrons. The van der Waals surface area contributed by atoms with Crippen molar-refractivity contribution in [1.82, 2.24) is 20.2 Å². The summed E-state index contributed by atoms with van der Waals surface area (Å²) in [6.07, 6.45) is 1.85. The molecule has 3 heterocycles. The second-order valence-corrected chi connectivity index (χ2v) is 9.41. The first-order chi connectivity index (χ1) is 18.1. The van der Waals surface area contributed by atoms with Gasteiger partial charge in [-0.1, -0.05) is 42.5 Å². The van der Waals surface area contributed by atoms with Crippen molar-refractivity contribution < 1.29 is 14.4 Å². The number of rotatable bonds is 8. The molecule has 2 N–H and O–H groups in total. The molecular weight excluding hydrogens is 466 g/mol. The lowest BCUT2D eigenvalue weighted by Gasteiger charge is -2.41. The van der Waals surface area contributed by atoms with Gasteiger partial charge in [-0.05, 0) is 43.2 Å². The van der Waals surface area contributed by atoms with Crippen molar-refractivity contribution in [2.75, 3.05) is 18.0 Å². The number of H-pyrrole nitrogens is 1. The number of aryl methyl sites for hydroxylation is 1. The first-order valence-electron chi connectivity index (χ1n) is 12.6. The maximum atomic E-state index is 13.4. The second-order valence-electron chi connectivity index (χ2n) is 9.41. The van der Waals surface area contributed by atoms with Crippen LogP contribution in [0.4, 0.5) is 5.69 Å². The lowest BCUT2D eigenvalue weighted by atomic mass is 10.0. The van der Waals surface area contributed by atoms with Crippen LogP contribution in [0.5, 0.6) is 0 Å². The van der Waals surface area contributed by atoms with E-state index in [1.54, 1.807) is 21.9 Å². The van der Waals surface area contributed by atoms with Crippen molar-refractivity contribution in [2.45, 2.75) is 31.8 Å². The van der Waals surface area contributed by atoms with Gasteiger partial charge in [-0.2, -0.15) is 0 Å². The molecule has 1 atom stereocenters. The van der Waals surface area contributed by atoms with E-state index in [-0.39, 0.29) is 17.7 Å². The number of aromatic nitrogens is 2. The highest BCUT2D eigenvalue weighted by molar-refractivity contribution is 6.16. The Morgan fingerprint density at radius 3 is 2.51 bits per heavy atom. The van der Waals surface area contributed by atoms with Gasteiger partial charge in [0.2, 0.25) is 5.91 Å². The van der Waals surface area contributed by atoms with Crippen LogP contribution in [0.3, 0.4) is 0 Å². The molecule has 3 aromatic carbocycles. The van der Waals surface area contributed by atoms with Gasteiger partial charge in [0.25, 0.3) is 11.8 Å². The van der Waals surface area contributed by atoms with E-state index in [9.17, 15) is 14.4 Å². The summed E-state index contributed by atoms with van der Waals surface area (Å²) in [6, 6.07) is 22.6. The van der Waals surface area contributed by atoms with E-state index in [1.807, 2.05) is 60.7 Å². The van der Waals surface area contributed by atoms with Gasteiger partial charge in [0.05, 0.1) is 22.3 Å². The fraction of sp³-hybridized carbons (Fsp3) is 0.241. The number of benzene rings is 3. The molecule has 6 rings (SSSR count). The van der Waals surface area contributed by atoms with Crippen LogP contribution in [0, 0.1) is 0 Å². The van der Waals surface area contributed by atoms with Crippen molar-refractivity contribution in [3.8, 4) is 0 Å². The predicted molar refractivity (Wildman–Crippen MR) is 140 cm³/mol. The summed E-state index contributed by atoms with van der Waals surface area (Å²) < 4.78 is 0. The van der Waals surface area contributed by atoms with Crippen LogP contribution >= 0.6 is 0 Å². The zero-order valence-corrected chi connectivity index (χ0v) is 20.3. The molecule has 0 saturated carbocycles. The number of hydrogen-bond acceptors (Lipinski definition) is 4. The highest BCUT2D eigenvalue weighted by Gasteiger charge is 2.47. The summed E-state index contributed by atoms with van der Waals surface area (Å²) in [7, 11) is 0. The molecule has 8 nitrogen and oxygen atoms in total. The number of nitrogens with zero attached hydrogens (tertiary/aromatic N) is 3. The topological polar surface area (TPSA) is 98.4 Å². The fourth-order valence-corrected chi connectivity index (χ4v) is 5.31. The summed E-state index contributed by atoms with van der Waals surface area (Å²) >= 11 is 0. The summed E-state index contributed by atoms with van der Waals surface area (Å²) in [5.74, 6) is 0.643. The third-order valence-corrected chi connectivity index (χ3v) is 7.04. The van der Waals surface area contributed by atoms with Crippen LogP contribution < -0.4 is 10.2 Å². The SMILES string of the molecule is O=C(CCCN1C(=O)c2ccccc2N2C(=O)c3ccccc3[C@H]12)NCCCc1nc2ccccc2[nH]1. The van der Waals surface area contributed by atoms with Crippen LogP contribution in [-0.4, -0.2) is 45.7 Å². The van der Waals surface area contributed by atoms with Crippen LogP contribution in [0.15, 0.2) is 72.8 Å². The van der Waals surface area contributed by atoms with E-state index in [0.29, 0.717) is 42.7 Å². The van der Waals surface area contributed by atoms with Crippen molar-refractivity contribution in [2.24, 2.45) is 0 Å². The number of amides is 3.